The van der Waals surface area contributed by atoms with Gasteiger partial charge in [-0.15, -0.1) is 0 Å². The van der Waals surface area contributed by atoms with Crippen LogP contribution in [0.4, 0.5) is 0 Å². The van der Waals surface area contributed by atoms with Crippen molar-refractivity contribution < 1.29 is 9.84 Å². The van der Waals surface area contributed by atoms with E-state index in [9.17, 15) is 0 Å². The standard InChI is InChI=1S/C8H19NO2/c1-4-11-6-5-9(3)8(2)7-10/h8,10H,4-7H2,1-3H3. The smallest absolute Gasteiger partial charge is 0.0593 e. The van der Waals surface area contributed by atoms with Crippen molar-refractivity contribution in [2.75, 3.05) is 33.4 Å². The van der Waals surface area contributed by atoms with Gasteiger partial charge < -0.3 is 9.84 Å². The molecule has 0 fully saturated rings. The zero-order valence-electron chi connectivity index (χ0n) is 7.71. The van der Waals surface area contributed by atoms with Gasteiger partial charge in [-0.1, -0.05) is 0 Å². The predicted molar refractivity (Wildman–Crippen MR) is 45.7 cm³/mol. The lowest BCUT2D eigenvalue weighted by molar-refractivity contribution is 0.0928. The van der Waals surface area contributed by atoms with Crippen LogP contribution in [0.5, 0.6) is 0 Å². The second-order valence-electron chi connectivity index (χ2n) is 2.71. The van der Waals surface area contributed by atoms with E-state index in [1.54, 1.807) is 0 Å². The summed E-state index contributed by atoms with van der Waals surface area (Å²) in [6, 6.07) is 0.232. The van der Waals surface area contributed by atoms with Crippen LogP contribution >= 0.6 is 0 Å². The lowest BCUT2D eigenvalue weighted by atomic mass is 10.3. The first-order valence-electron chi connectivity index (χ1n) is 4.11. The van der Waals surface area contributed by atoms with E-state index in [-0.39, 0.29) is 12.6 Å². The number of aliphatic hydroxyl groups is 1. The molecule has 0 heterocycles. The molecule has 0 saturated heterocycles. The summed E-state index contributed by atoms with van der Waals surface area (Å²) in [5.74, 6) is 0. The van der Waals surface area contributed by atoms with Gasteiger partial charge in [0.25, 0.3) is 0 Å². The first-order chi connectivity index (χ1) is 5.22. The van der Waals surface area contributed by atoms with Crippen molar-refractivity contribution >= 4 is 0 Å². The fourth-order valence-corrected chi connectivity index (χ4v) is 0.713. The molecule has 1 unspecified atom stereocenters. The average Bonchev–Trinajstić information content (AvgIpc) is 2.03. The number of hydrogen-bond donors (Lipinski definition) is 1. The lowest BCUT2D eigenvalue weighted by Gasteiger charge is -2.22. The molecule has 0 aliphatic rings. The molecule has 0 saturated carbocycles. The van der Waals surface area contributed by atoms with Gasteiger partial charge in [0.15, 0.2) is 0 Å². The molecule has 0 rings (SSSR count). The van der Waals surface area contributed by atoms with Gasteiger partial charge in [-0.05, 0) is 20.9 Å². The summed E-state index contributed by atoms with van der Waals surface area (Å²) in [6.07, 6.45) is 0. The normalized spacial score (nSPS) is 13.9. The Morgan fingerprint density at radius 1 is 1.55 bits per heavy atom. The average molecular weight is 161 g/mol. The molecule has 0 aromatic rings. The van der Waals surface area contributed by atoms with Crippen LogP contribution in [-0.4, -0.2) is 49.5 Å². The molecular weight excluding hydrogens is 142 g/mol. The van der Waals surface area contributed by atoms with Crippen molar-refractivity contribution in [2.24, 2.45) is 0 Å². The van der Waals surface area contributed by atoms with Crippen molar-refractivity contribution in [2.45, 2.75) is 19.9 Å². The summed E-state index contributed by atoms with van der Waals surface area (Å²) >= 11 is 0. The number of ether oxygens (including phenoxy) is 1. The summed E-state index contributed by atoms with van der Waals surface area (Å²) in [5, 5.41) is 8.78. The highest BCUT2D eigenvalue weighted by Crippen LogP contribution is 1.92. The molecule has 3 heteroatoms. The molecule has 0 aliphatic heterocycles. The molecule has 0 amide bonds. The Kier molecular flexibility index (Phi) is 6.51. The zero-order valence-corrected chi connectivity index (χ0v) is 7.71. The van der Waals surface area contributed by atoms with Crippen molar-refractivity contribution in [3.8, 4) is 0 Å². The van der Waals surface area contributed by atoms with Gasteiger partial charge in [-0.2, -0.15) is 0 Å². The summed E-state index contributed by atoms with van der Waals surface area (Å²) in [4.78, 5) is 2.08. The van der Waals surface area contributed by atoms with Crippen molar-refractivity contribution in [1.29, 1.82) is 0 Å². The maximum Gasteiger partial charge on any atom is 0.0593 e. The second-order valence-corrected chi connectivity index (χ2v) is 2.71. The van der Waals surface area contributed by atoms with Crippen molar-refractivity contribution in [1.82, 2.24) is 4.90 Å². The van der Waals surface area contributed by atoms with E-state index < -0.39 is 0 Å². The van der Waals surface area contributed by atoms with E-state index in [2.05, 4.69) is 4.90 Å². The van der Waals surface area contributed by atoms with Crippen LogP contribution in [0.2, 0.25) is 0 Å². The molecule has 0 spiro atoms. The van der Waals surface area contributed by atoms with Gasteiger partial charge in [-0.3, -0.25) is 4.90 Å². The molecule has 3 nitrogen and oxygen atoms in total. The quantitative estimate of drug-likeness (QED) is 0.570. The van der Waals surface area contributed by atoms with Crippen LogP contribution in [0.3, 0.4) is 0 Å². The van der Waals surface area contributed by atoms with E-state index in [0.29, 0.717) is 0 Å². The van der Waals surface area contributed by atoms with Gasteiger partial charge >= 0.3 is 0 Å². The molecule has 0 bridgehead atoms. The SMILES string of the molecule is CCOCCN(C)C(C)CO. The number of rotatable bonds is 6. The number of hydrogen-bond acceptors (Lipinski definition) is 3. The molecule has 1 atom stereocenters. The Morgan fingerprint density at radius 3 is 2.64 bits per heavy atom. The first-order valence-corrected chi connectivity index (χ1v) is 4.11. The third kappa shape index (κ3) is 5.18. The Bertz CT molecular complexity index is 88.2. The Balaban J connectivity index is 3.28. The maximum absolute atomic E-state index is 8.78. The van der Waals surface area contributed by atoms with Crippen molar-refractivity contribution in [3.05, 3.63) is 0 Å². The zero-order chi connectivity index (χ0) is 8.69. The largest absolute Gasteiger partial charge is 0.395 e. The number of likely N-dealkylation sites (N-methyl/N-ethyl adjacent to an activating group) is 1. The van der Waals surface area contributed by atoms with Crippen molar-refractivity contribution in [3.63, 3.8) is 0 Å². The molecular formula is C8H19NO2. The highest BCUT2D eigenvalue weighted by Gasteiger charge is 2.05. The van der Waals surface area contributed by atoms with Gasteiger partial charge in [0, 0.05) is 19.2 Å². The minimum absolute atomic E-state index is 0.211. The third-order valence-corrected chi connectivity index (χ3v) is 1.81. The summed E-state index contributed by atoms with van der Waals surface area (Å²) < 4.78 is 5.18. The molecule has 11 heavy (non-hydrogen) atoms. The summed E-state index contributed by atoms with van der Waals surface area (Å²) in [6.45, 7) is 6.58. The van der Waals surface area contributed by atoms with Gasteiger partial charge in [-0.25, -0.2) is 0 Å². The highest BCUT2D eigenvalue weighted by molar-refractivity contribution is 4.59. The fourth-order valence-electron chi connectivity index (χ4n) is 0.713. The van der Waals surface area contributed by atoms with Crippen LogP contribution in [0, 0.1) is 0 Å². The van der Waals surface area contributed by atoms with Crippen LogP contribution in [0.1, 0.15) is 13.8 Å². The van der Waals surface area contributed by atoms with Crippen LogP contribution in [0.15, 0.2) is 0 Å². The van der Waals surface area contributed by atoms with Gasteiger partial charge in [0.1, 0.15) is 0 Å². The van der Waals surface area contributed by atoms with Crippen LogP contribution < -0.4 is 0 Å². The van der Waals surface area contributed by atoms with E-state index in [1.165, 1.54) is 0 Å². The Hall–Kier alpha value is -0.120. The van der Waals surface area contributed by atoms with E-state index in [4.69, 9.17) is 9.84 Å². The Morgan fingerprint density at radius 2 is 2.18 bits per heavy atom. The molecule has 1 N–H and O–H groups in total. The van der Waals surface area contributed by atoms with E-state index in [0.717, 1.165) is 19.8 Å². The molecule has 68 valence electrons. The minimum atomic E-state index is 0.211. The first kappa shape index (κ1) is 10.9. The van der Waals surface area contributed by atoms with E-state index in [1.807, 2.05) is 20.9 Å². The topological polar surface area (TPSA) is 32.7 Å². The molecule has 0 aromatic carbocycles. The number of aliphatic hydroxyl groups excluding tert-OH is 1. The van der Waals surface area contributed by atoms with Crippen LogP contribution in [0.25, 0.3) is 0 Å². The van der Waals surface area contributed by atoms with Gasteiger partial charge in [0.2, 0.25) is 0 Å². The third-order valence-electron chi connectivity index (χ3n) is 1.81. The fraction of sp³-hybridized carbons (Fsp3) is 1.00. The van der Waals surface area contributed by atoms with E-state index >= 15 is 0 Å². The lowest BCUT2D eigenvalue weighted by Crippen LogP contribution is -2.34. The molecule has 0 aliphatic carbocycles. The Labute approximate surface area is 69.0 Å². The highest BCUT2D eigenvalue weighted by atomic mass is 16.5. The monoisotopic (exact) mass is 161 g/mol. The minimum Gasteiger partial charge on any atom is -0.395 e. The predicted octanol–water partition coefficient (Wildman–Crippen LogP) is 0.336. The maximum atomic E-state index is 8.78. The van der Waals surface area contributed by atoms with Crippen LogP contribution in [-0.2, 0) is 4.74 Å². The summed E-state index contributed by atoms with van der Waals surface area (Å²) in [7, 11) is 1.99. The van der Waals surface area contributed by atoms with Gasteiger partial charge in [0.05, 0.1) is 13.2 Å². The molecule has 0 aromatic heterocycles. The summed E-state index contributed by atoms with van der Waals surface area (Å²) in [5.41, 5.74) is 0. The molecule has 0 radical (unpaired) electrons. The number of nitrogens with zero attached hydrogens (tertiary/aromatic N) is 1. The second kappa shape index (κ2) is 6.58.